The fraction of sp³-hybridized carbons (Fsp3) is 0.238. The molecule has 0 saturated carbocycles. The molecule has 0 spiro atoms. The largest absolute Gasteiger partial charge is 0.325 e. The second-order valence-corrected chi connectivity index (χ2v) is 9.27. The van der Waals surface area contributed by atoms with Crippen LogP contribution >= 0.6 is 0 Å². The number of fused-ring (bicyclic) bond motifs is 1. The van der Waals surface area contributed by atoms with Gasteiger partial charge < -0.3 is 9.88 Å². The molecule has 0 bridgehead atoms. The number of aryl methyl sites for hydroxylation is 2. The van der Waals surface area contributed by atoms with Crippen LogP contribution in [0.25, 0.3) is 5.69 Å². The van der Waals surface area contributed by atoms with E-state index < -0.39 is 21.0 Å². The molecule has 0 fully saturated rings. The van der Waals surface area contributed by atoms with Gasteiger partial charge in [-0.2, -0.15) is 0 Å². The third kappa shape index (κ3) is 3.01. The third-order valence-corrected chi connectivity index (χ3v) is 7.40. The molecule has 2 aromatic carbocycles. The summed E-state index contributed by atoms with van der Waals surface area (Å²) in [6, 6.07) is 12.5. The summed E-state index contributed by atoms with van der Waals surface area (Å²) in [4.78, 5) is 17.2. The molecular formula is C21H21N3O3S. The van der Waals surface area contributed by atoms with Crippen molar-refractivity contribution in [2.75, 3.05) is 5.32 Å². The molecule has 2 heterocycles. The monoisotopic (exact) mass is 395 g/mol. The fourth-order valence-electron chi connectivity index (χ4n) is 3.53. The van der Waals surface area contributed by atoms with Crippen LogP contribution < -0.4 is 5.32 Å². The maximum atomic E-state index is 12.7. The number of rotatable bonds is 3. The number of carbonyl (C=O) groups excluding carboxylic acids is 1. The molecule has 6 nitrogen and oxygen atoms in total. The van der Waals surface area contributed by atoms with E-state index in [2.05, 4.69) is 10.3 Å². The van der Waals surface area contributed by atoms with Gasteiger partial charge in [-0.25, -0.2) is 13.4 Å². The molecule has 1 unspecified atom stereocenters. The molecule has 3 aromatic rings. The summed E-state index contributed by atoms with van der Waals surface area (Å²) in [7, 11) is -3.66. The highest BCUT2D eigenvalue weighted by molar-refractivity contribution is 7.93. The smallest absolute Gasteiger partial charge is 0.243 e. The molecule has 7 heteroatoms. The summed E-state index contributed by atoms with van der Waals surface area (Å²) in [5, 5.41) is 1.65. The SMILES string of the molecule is Cc1ccc2c(c1)CC(C(=O)Nc1ccc(-n3cnc(C)c3C)cc1)S2(=O)=O. The van der Waals surface area contributed by atoms with Crippen molar-refractivity contribution in [2.45, 2.75) is 37.3 Å². The van der Waals surface area contributed by atoms with Gasteiger partial charge in [-0.15, -0.1) is 0 Å². The van der Waals surface area contributed by atoms with E-state index in [4.69, 9.17) is 0 Å². The zero-order valence-corrected chi connectivity index (χ0v) is 16.7. The van der Waals surface area contributed by atoms with Gasteiger partial charge in [0.05, 0.1) is 16.9 Å². The third-order valence-electron chi connectivity index (χ3n) is 5.26. The van der Waals surface area contributed by atoms with Crippen molar-refractivity contribution < 1.29 is 13.2 Å². The van der Waals surface area contributed by atoms with Crippen LogP contribution in [-0.4, -0.2) is 29.1 Å². The lowest BCUT2D eigenvalue weighted by Crippen LogP contribution is -2.33. The van der Waals surface area contributed by atoms with E-state index >= 15 is 0 Å². The molecule has 1 aromatic heterocycles. The number of aromatic nitrogens is 2. The summed E-state index contributed by atoms with van der Waals surface area (Å²) < 4.78 is 27.4. The van der Waals surface area contributed by atoms with Crippen LogP contribution in [0, 0.1) is 20.8 Å². The number of nitrogens with one attached hydrogen (secondary N) is 1. The van der Waals surface area contributed by atoms with Crippen molar-refractivity contribution in [1.29, 1.82) is 0 Å². The first-order valence-electron chi connectivity index (χ1n) is 9.02. The zero-order valence-electron chi connectivity index (χ0n) is 15.9. The van der Waals surface area contributed by atoms with E-state index in [0.29, 0.717) is 11.3 Å². The van der Waals surface area contributed by atoms with Crippen molar-refractivity contribution in [2.24, 2.45) is 0 Å². The van der Waals surface area contributed by atoms with Gasteiger partial charge in [-0.3, -0.25) is 4.79 Å². The van der Waals surface area contributed by atoms with Crippen LogP contribution in [0.5, 0.6) is 0 Å². The van der Waals surface area contributed by atoms with Gasteiger partial charge in [0.15, 0.2) is 9.84 Å². The number of nitrogens with zero attached hydrogens (tertiary/aromatic N) is 2. The highest BCUT2D eigenvalue weighted by Crippen LogP contribution is 2.32. The lowest BCUT2D eigenvalue weighted by molar-refractivity contribution is -0.115. The van der Waals surface area contributed by atoms with Crippen LogP contribution in [0.2, 0.25) is 0 Å². The first kappa shape index (κ1) is 18.4. The molecule has 0 radical (unpaired) electrons. The maximum Gasteiger partial charge on any atom is 0.243 e. The standard InChI is InChI=1S/C21H21N3O3S/c1-13-4-9-19-16(10-13)11-20(28(19,26)27)21(25)23-17-5-7-18(8-6-17)24-12-22-14(2)15(24)3/h4-10,12,20H,11H2,1-3H3,(H,23,25). The Hall–Kier alpha value is -2.93. The highest BCUT2D eigenvalue weighted by Gasteiger charge is 2.41. The number of hydrogen-bond donors (Lipinski definition) is 1. The van der Waals surface area contributed by atoms with Gasteiger partial charge in [0, 0.05) is 17.1 Å². The second-order valence-electron chi connectivity index (χ2n) is 7.17. The lowest BCUT2D eigenvalue weighted by Gasteiger charge is -2.12. The molecule has 0 saturated heterocycles. The van der Waals surface area contributed by atoms with Crippen LogP contribution in [0.4, 0.5) is 5.69 Å². The first-order chi connectivity index (χ1) is 13.3. The Morgan fingerprint density at radius 3 is 2.46 bits per heavy atom. The Bertz CT molecular complexity index is 1180. The van der Waals surface area contributed by atoms with Crippen molar-refractivity contribution in [1.82, 2.24) is 9.55 Å². The van der Waals surface area contributed by atoms with Gasteiger partial charge >= 0.3 is 0 Å². The normalized spacial score (nSPS) is 17.3. The number of sulfone groups is 1. The minimum atomic E-state index is -3.66. The Kier molecular flexibility index (Phi) is 4.34. The Morgan fingerprint density at radius 1 is 1.11 bits per heavy atom. The molecule has 1 aliphatic heterocycles. The molecule has 4 rings (SSSR count). The predicted octanol–water partition coefficient (Wildman–Crippen LogP) is 3.13. The molecule has 1 amide bonds. The fourth-order valence-corrected chi connectivity index (χ4v) is 5.34. The Labute approximate surface area is 164 Å². The minimum absolute atomic E-state index is 0.205. The summed E-state index contributed by atoms with van der Waals surface area (Å²) in [6.07, 6.45) is 1.96. The minimum Gasteiger partial charge on any atom is -0.325 e. The number of hydrogen-bond acceptors (Lipinski definition) is 4. The molecule has 0 aliphatic carbocycles. The van der Waals surface area contributed by atoms with Crippen LogP contribution in [0.15, 0.2) is 53.7 Å². The van der Waals surface area contributed by atoms with Gasteiger partial charge in [0.1, 0.15) is 5.25 Å². The summed E-state index contributed by atoms with van der Waals surface area (Å²) in [5.74, 6) is -0.503. The average Bonchev–Trinajstić information content (AvgIpc) is 3.12. The first-order valence-corrected chi connectivity index (χ1v) is 10.6. The lowest BCUT2D eigenvalue weighted by atomic mass is 10.1. The molecule has 1 atom stereocenters. The van der Waals surface area contributed by atoms with E-state index in [0.717, 1.165) is 22.6 Å². The molecule has 144 valence electrons. The van der Waals surface area contributed by atoms with Crippen molar-refractivity contribution in [3.63, 3.8) is 0 Å². The Morgan fingerprint density at radius 2 is 1.82 bits per heavy atom. The van der Waals surface area contributed by atoms with E-state index in [-0.39, 0.29) is 11.3 Å². The maximum absolute atomic E-state index is 12.7. The van der Waals surface area contributed by atoms with E-state index in [1.165, 1.54) is 0 Å². The van der Waals surface area contributed by atoms with Gasteiger partial charge in [-0.1, -0.05) is 17.7 Å². The molecule has 1 aliphatic rings. The van der Waals surface area contributed by atoms with Crippen molar-refractivity contribution in [3.8, 4) is 5.69 Å². The number of carbonyl (C=O) groups is 1. The molecular weight excluding hydrogens is 374 g/mol. The summed E-state index contributed by atoms with van der Waals surface area (Å²) in [6.45, 7) is 5.84. The van der Waals surface area contributed by atoms with Gasteiger partial charge in [0.25, 0.3) is 0 Å². The predicted molar refractivity (Wildman–Crippen MR) is 108 cm³/mol. The van der Waals surface area contributed by atoms with Gasteiger partial charge in [-0.05, 0) is 63.1 Å². The number of anilines is 1. The highest BCUT2D eigenvalue weighted by atomic mass is 32.2. The molecule has 1 N–H and O–H groups in total. The average molecular weight is 395 g/mol. The number of imidazole rings is 1. The number of amides is 1. The van der Waals surface area contributed by atoms with E-state index in [1.54, 1.807) is 30.6 Å². The zero-order chi connectivity index (χ0) is 20.1. The topological polar surface area (TPSA) is 81.1 Å². The summed E-state index contributed by atoms with van der Waals surface area (Å²) >= 11 is 0. The Balaban J connectivity index is 1.54. The number of benzene rings is 2. The van der Waals surface area contributed by atoms with Crippen molar-refractivity contribution in [3.05, 3.63) is 71.3 Å². The van der Waals surface area contributed by atoms with E-state index in [9.17, 15) is 13.2 Å². The molecule has 28 heavy (non-hydrogen) atoms. The van der Waals surface area contributed by atoms with Crippen molar-refractivity contribution >= 4 is 21.4 Å². The van der Waals surface area contributed by atoms with E-state index in [1.807, 2.05) is 43.5 Å². The second kappa shape index (κ2) is 6.60. The summed E-state index contributed by atoms with van der Waals surface area (Å²) in [5.41, 5.74) is 5.18. The van der Waals surface area contributed by atoms with Crippen LogP contribution in [0.3, 0.4) is 0 Å². The van der Waals surface area contributed by atoms with Crippen LogP contribution in [0.1, 0.15) is 22.5 Å². The quantitative estimate of drug-likeness (QED) is 0.739. The van der Waals surface area contributed by atoms with Gasteiger partial charge in [0.2, 0.25) is 5.91 Å². The van der Waals surface area contributed by atoms with Crippen LogP contribution in [-0.2, 0) is 21.1 Å².